The lowest BCUT2D eigenvalue weighted by atomic mass is 10.0. The van der Waals surface area contributed by atoms with Crippen molar-refractivity contribution in [3.05, 3.63) is 93.9 Å². The molecule has 0 bridgehead atoms. The molecule has 0 aliphatic heterocycles. The lowest BCUT2D eigenvalue weighted by Gasteiger charge is -2.11. The number of pyridine rings is 1. The van der Waals surface area contributed by atoms with Crippen LogP contribution in [0.25, 0.3) is 27.2 Å². The van der Waals surface area contributed by atoms with Crippen LogP contribution >= 0.6 is 23.2 Å². The maximum atomic E-state index is 9.80. The van der Waals surface area contributed by atoms with E-state index in [0.717, 1.165) is 44.2 Å². The molecule has 0 atom stereocenters. The summed E-state index contributed by atoms with van der Waals surface area (Å²) in [7, 11) is 0. The van der Waals surface area contributed by atoms with Gasteiger partial charge in [0.2, 0.25) is 0 Å². The fourth-order valence-electron chi connectivity index (χ4n) is 3.69. The van der Waals surface area contributed by atoms with Crippen molar-refractivity contribution in [2.75, 3.05) is 0 Å². The van der Waals surface area contributed by atoms with Crippen molar-refractivity contribution in [1.82, 2.24) is 9.38 Å². The van der Waals surface area contributed by atoms with Gasteiger partial charge in [0.25, 0.3) is 0 Å². The SMILES string of the molecule is C=CC(C)=C(C)C=CCc1nc(C#N)c2c3cc(Cl)ccc3c3ccc(Cl)cc3n12. The molecule has 0 amide bonds. The molecule has 0 unspecified atom stereocenters. The van der Waals surface area contributed by atoms with E-state index in [2.05, 4.69) is 29.8 Å². The minimum atomic E-state index is 0.377. The first-order valence-electron chi connectivity index (χ1n) is 9.53. The second-order valence-electron chi connectivity index (χ2n) is 7.20. The Morgan fingerprint density at radius 3 is 2.47 bits per heavy atom. The highest BCUT2D eigenvalue weighted by atomic mass is 35.5. The number of rotatable bonds is 4. The molecule has 0 fully saturated rings. The van der Waals surface area contributed by atoms with Crippen LogP contribution < -0.4 is 0 Å². The number of nitriles is 1. The van der Waals surface area contributed by atoms with Crippen LogP contribution in [0, 0.1) is 11.3 Å². The monoisotopic (exact) mass is 431 g/mol. The van der Waals surface area contributed by atoms with Crippen LogP contribution in [0.2, 0.25) is 10.0 Å². The van der Waals surface area contributed by atoms with Crippen LogP contribution in [0.4, 0.5) is 0 Å². The van der Waals surface area contributed by atoms with E-state index in [0.29, 0.717) is 22.2 Å². The highest BCUT2D eigenvalue weighted by molar-refractivity contribution is 6.33. The molecule has 0 spiro atoms. The quantitative estimate of drug-likeness (QED) is 0.248. The van der Waals surface area contributed by atoms with Crippen molar-refractivity contribution >= 4 is 50.4 Å². The summed E-state index contributed by atoms with van der Waals surface area (Å²) >= 11 is 12.6. The van der Waals surface area contributed by atoms with E-state index in [4.69, 9.17) is 23.2 Å². The van der Waals surface area contributed by atoms with Crippen LogP contribution in [0.5, 0.6) is 0 Å². The Morgan fingerprint density at radius 2 is 1.77 bits per heavy atom. The molecule has 0 saturated carbocycles. The highest BCUT2D eigenvalue weighted by Gasteiger charge is 2.18. The molecular weight excluding hydrogens is 413 g/mol. The number of nitrogens with zero attached hydrogens (tertiary/aromatic N) is 3. The Morgan fingerprint density at radius 1 is 1.07 bits per heavy atom. The summed E-state index contributed by atoms with van der Waals surface area (Å²) < 4.78 is 2.03. The number of aromatic nitrogens is 2. The van der Waals surface area contributed by atoms with E-state index in [1.54, 1.807) is 0 Å². The van der Waals surface area contributed by atoms with Gasteiger partial charge in [0.1, 0.15) is 11.9 Å². The third kappa shape index (κ3) is 3.39. The molecule has 5 heteroatoms. The molecule has 2 heterocycles. The van der Waals surface area contributed by atoms with Gasteiger partial charge in [-0.25, -0.2) is 4.98 Å². The standard InChI is InChI=1S/C25H19Cl2N3/c1-4-15(2)16(3)6-5-7-24-29-22(14-28)25-21-12-17(26)8-10-19(21)20-11-9-18(27)13-23(20)30(24)25/h4-6,8-13H,1,7H2,2-3H3. The number of imidazole rings is 1. The maximum Gasteiger partial charge on any atom is 0.167 e. The first-order chi connectivity index (χ1) is 14.4. The molecule has 2 aromatic heterocycles. The molecule has 0 radical (unpaired) electrons. The maximum absolute atomic E-state index is 9.80. The smallest absolute Gasteiger partial charge is 0.167 e. The Bertz CT molecular complexity index is 1430. The molecule has 4 rings (SSSR count). The molecular formula is C25H19Cl2N3. The topological polar surface area (TPSA) is 41.1 Å². The van der Waals surface area contributed by atoms with Crippen molar-refractivity contribution in [3.63, 3.8) is 0 Å². The highest BCUT2D eigenvalue weighted by Crippen LogP contribution is 2.35. The third-order valence-corrected chi connectivity index (χ3v) is 5.85. The average Bonchev–Trinajstić information content (AvgIpc) is 3.12. The normalized spacial score (nSPS) is 12.6. The number of allylic oxidation sites excluding steroid dienone is 5. The summed E-state index contributed by atoms with van der Waals surface area (Å²) in [6.45, 7) is 7.88. The zero-order chi connectivity index (χ0) is 21.4. The summed E-state index contributed by atoms with van der Waals surface area (Å²) in [5, 5.41) is 14.0. The summed E-state index contributed by atoms with van der Waals surface area (Å²) in [5.41, 5.74) is 4.30. The predicted molar refractivity (Wildman–Crippen MR) is 126 cm³/mol. The molecule has 0 aliphatic carbocycles. The number of halogens is 2. The van der Waals surface area contributed by atoms with Crippen molar-refractivity contribution in [3.8, 4) is 6.07 Å². The van der Waals surface area contributed by atoms with Gasteiger partial charge in [-0.3, -0.25) is 4.40 Å². The minimum Gasteiger partial charge on any atom is -0.294 e. The van der Waals surface area contributed by atoms with Gasteiger partial charge in [0.05, 0.1) is 11.0 Å². The van der Waals surface area contributed by atoms with Crippen molar-refractivity contribution in [2.24, 2.45) is 0 Å². The zero-order valence-corrected chi connectivity index (χ0v) is 18.2. The summed E-state index contributed by atoms with van der Waals surface area (Å²) in [4.78, 5) is 4.66. The van der Waals surface area contributed by atoms with E-state index >= 15 is 0 Å². The Hall–Kier alpha value is -3.06. The van der Waals surface area contributed by atoms with Crippen LogP contribution in [0.15, 0.2) is 72.4 Å². The Labute approximate surface area is 185 Å². The molecule has 4 aromatic rings. The van der Waals surface area contributed by atoms with Crippen LogP contribution in [0.3, 0.4) is 0 Å². The number of fused-ring (bicyclic) bond motifs is 6. The molecule has 30 heavy (non-hydrogen) atoms. The second kappa shape index (κ2) is 7.99. The van der Waals surface area contributed by atoms with Gasteiger partial charge < -0.3 is 0 Å². The van der Waals surface area contributed by atoms with Gasteiger partial charge in [-0.05, 0) is 54.6 Å². The molecule has 0 N–H and O–H groups in total. The fraction of sp³-hybridized carbons (Fsp3) is 0.120. The van der Waals surface area contributed by atoms with Crippen molar-refractivity contribution in [1.29, 1.82) is 5.26 Å². The molecule has 148 valence electrons. The largest absolute Gasteiger partial charge is 0.294 e. The fourth-order valence-corrected chi connectivity index (χ4v) is 4.03. The summed E-state index contributed by atoms with van der Waals surface area (Å²) in [6, 6.07) is 13.8. The lowest BCUT2D eigenvalue weighted by molar-refractivity contribution is 1.01. The first kappa shape index (κ1) is 20.2. The summed E-state index contributed by atoms with van der Waals surface area (Å²) in [6.07, 6.45) is 6.51. The Balaban J connectivity index is 2.06. The minimum absolute atomic E-state index is 0.377. The van der Waals surface area contributed by atoms with E-state index in [-0.39, 0.29) is 0 Å². The molecule has 3 nitrogen and oxygen atoms in total. The predicted octanol–water partition coefficient (Wildman–Crippen LogP) is 7.44. The van der Waals surface area contributed by atoms with Crippen LogP contribution in [-0.2, 0) is 6.42 Å². The second-order valence-corrected chi connectivity index (χ2v) is 8.07. The molecule has 0 aliphatic rings. The van der Waals surface area contributed by atoms with E-state index in [1.165, 1.54) is 0 Å². The summed E-state index contributed by atoms with van der Waals surface area (Å²) in [5.74, 6) is 0.774. The van der Waals surface area contributed by atoms with Gasteiger partial charge in [-0.2, -0.15) is 5.26 Å². The number of benzene rings is 2. The molecule has 2 aromatic carbocycles. The van der Waals surface area contributed by atoms with Gasteiger partial charge in [0, 0.05) is 27.2 Å². The first-order valence-corrected chi connectivity index (χ1v) is 10.3. The molecule has 0 saturated heterocycles. The zero-order valence-electron chi connectivity index (χ0n) is 16.7. The lowest BCUT2D eigenvalue weighted by Crippen LogP contribution is -1.97. The number of hydrogen-bond donors (Lipinski definition) is 0. The van der Waals surface area contributed by atoms with Crippen LogP contribution in [0.1, 0.15) is 25.4 Å². The van der Waals surface area contributed by atoms with Gasteiger partial charge in [-0.15, -0.1) is 0 Å². The van der Waals surface area contributed by atoms with Gasteiger partial charge in [0.15, 0.2) is 5.69 Å². The van der Waals surface area contributed by atoms with E-state index in [9.17, 15) is 5.26 Å². The van der Waals surface area contributed by atoms with Gasteiger partial charge >= 0.3 is 0 Å². The van der Waals surface area contributed by atoms with E-state index < -0.39 is 0 Å². The third-order valence-electron chi connectivity index (χ3n) is 5.38. The van der Waals surface area contributed by atoms with Crippen LogP contribution in [-0.4, -0.2) is 9.38 Å². The number of hydrogen-bond acceptors (Lipinski definition) is 2. The van der Waals surface area contributed by atoms with Crippen molar-refractivity contribution < 1.29 is 0 Å². The van der Waals surface area contributed by atoms with Gasteiger partial charge in [-0.1, -0.05) is 60.1 Å². The Kier molecular flexibility index (Phi) is 5.39. The average molecular weight is 432 g/mol. The van der Waals surface area contributed by atoms with Crippen molar-refractivity contribution in [2.45, 2.75) is 20.3 Å². The van der Waals surface area contributed by atoms with E-state index in [1.807, 2.05) is 60.7 Å².